The summed E-state index contributed by atoms with van der Waals surface area (Å²) >= 11 is 6.06. The first-order valence-electron chi connectivity index (χ1n) is 6.85. The molecule has 100 valence electrons. The average Bonchev–Trinajstić information content (AvgIpc) is 2.39. The van der Waals surface area contributed by atoms with Crippen LogP contribution in [0.2, 0.25) is 5.02 Å². The van der Waals surface area contributed by atoms with Crippen molar-refractivity contribution in [1.82, 2.24) is 5.32 Å². The van der Waals surface area contributed by atoms with Gasteiger partial charge in [0.1, 0.15) is 0 Å². The molecule has 1 atom stereocenters. The van der Waals surface area contributed by atoms with Gasteiger partial charge in [-0.1, -0.05) is 43.0 Å². The number of benzene rings is 1. The van der Waals surface area contributed by atoms with E-state index >= 15 is 0 Å². The van der Waals surface area contributed by atoms with Gasteiger partial charge >= 0.3 is 0 Å². The Hall–Kier alpha value is -0.570. The second-order valence-electron chi connectivity index (χ2n) is 5.00. The fourth-order valence-electron chi connectivity index (χ4n) is 2.57. The largest absolute Gasteiger partial charge is 0.369 e. The van der Waals surface area contributed by atoms with Gasteiger partial charge in [0.25, 0.3) is 0 Å². The first-order chi connectivity index (χ1) is 8.79. The van der Waals surface area contributed by atoms with Gasteiger partial charge in [-0.05, 0) is 37.6 Å². The van der Waals surface area contributed by atoms with E-state index in [2.05, 4.69) is 11.4 Å². The lowest BCUT2D eigenvalue weighted by Gasteiger charge is -2.28. The molecule has 1 unspecified atom stereocenters. The van der Waals surface area contributed by atoms with Crippen molar-refractivity contribution in [3.63, 3.8) is 0 Å². The summed E-state index contributed by atoms with van der Waals surface area (Å²) in [5.41, 5.74) is 1.17. The Morgan fingerprint density at radius 1 is 1.33 bits per heavy atom. The summed E-state index contributed by atoms with van der Waals surface area (Å²) in [5, 5.41) is 3.99. The van der Waals surface area contributed by atoms with E-state index < -0.39 is 0 Å². The number of ether oxygens (including phenoxy) is 1. The van der Waals surface area contributed by atoms with Crippen molar-refractivity contribution in [2.75, 3.05) is 13.6 Å². The third-order valence-corrected chi connectivity index (χ3v) is 3.75. The van der Waals surface area contributed by atoms with Crippen molar-refractivity contribution in [3.8, 4) is 0 Å². The van der Waals surface area contributed by atoms with Crippen molar-refractivity contribution in [2.45, 2.75) is 44.3 Å². The highest BCUT2D eigenvalue weighted by molar-refractivity contribution is 6.30. The van der Waals surface area contributed by atoms with Crippen LogP contribution in [0.5, 0.6) is 0 Å². The summed E-state index contributed by atoms with van der Waals surface area (Å²) in [7, 11) is 1.96. The standard InChI is InChI=1S/C15H22ClNO/c1-17-11-15(12-6-5-7-13(16)10-12)18-14-8-3-2-4-9-14/h5-7,10,14-15,17H,2-4,8-9,11H2,1H3. The molecular formula is C15H22ClNO. The van der Waals surface area contributed by atoms with Crippen molar-refractivity contribution in [3.05, 3.63) is 34.9 Å². The zero-order valence-corrected chi connectivity index (χ0v) is 11.7. The molecule has 0 spiro atoms. The second-order valence-corrected chi connectivity index (χ2v) is 5.43. The van der Waals surface area contributed by atoms with Crippen LogP contribution in [0.4, 0.5) is 0 Å². The Bertz CT molecular complexity index is 363. The maximum atomic E-state index is 6.25. The molecular weight excluding hydrogens is 246 g/mol. The van der Waals surface area contributed by atoms with Gasteiger partial charge in [0.05, 0.1) is 12.2 Å². The molecule has 1 aromatic rings. The van der Waals surface area contributed by atoms with Crippen LogP contribution in [0.15, 0.2) is 24.3 Å². The minimum atomic E-state index is 0.108. The molecule has 0 aromatic heterocycles. The lowest BCUT2D eigenvalue weighted by atomic mass is 9.97. The minimum Gasteiger partial charge on any atom is -0.369 e. The molecule has 0 bridgehead atoms. The zero-order chi connectivity index (χ0) is 12.8. The van der Waals surface area contributed by atoms with Crippen molar-refractivity contribution in [1.29, 1.82) is 0 Å². The smallest absolute Gasteiger partial charge is 0.0953 e. The lowest BCUT2D eigenvalue weighted by molar-refractivity contribution is -0.0298. The molecule has 0 radical (unpaired) electrons. The van der Waals surface area contributed by atoms with Gasteiger partial charge in [-0.3, -0.25) is 0 Å². The molecule has 18 heavy (non-hydrogen) atoms. The van der Waals surface area contributed by atoms with Crippen LogP contribution < -0.4 is 5.32 Å². The molecule has 0 heterocycles. The summed E-state index contributed by atoms with van der Waals surface area (Å²) in [5.74, 6) is 0. The number of hydrogen-bond acceptors (Lipinski definition) is 2. The molecule has 2 nitrogen and oxygen atoms in total. The fourth-order valence-corrected chi connectivity index (χ4v) is 2.77. The van der Waals surface area contributed by atoms with Gasteiger partial charge in [-0.2, -0.15) is 0 Å². The van der Waals surface area contributed by atoms with Crippen LogP contribution >= 0.6 is 11.6 Å². The first-order valence-corrected chi connectivity index (χ1v) is 7.23. The molecule has 1 aliphatic rings. The highest BCUT2D eigenvalue weighted by atomic mass is 35.5. The molecule has 0 aliphatic heterocycles. The summed E-state index contributed by atoms with van der Waals surface area (Å²) in [6, 6.07) is 8.00. The van der Waals surface area contributed by atoms with Crippen LogP contribution in [0.3, 0.4) is 0 Å². The summed E-state index contributed by atoms with van der Waals surface area (Å²) in [6.07, 6.45) is 6.86. The van der Waals surface area contributed by atoms with Crippen molar-refractivity contribution in [2.24, 2.45) is 0 Å². The van der Waals surface area contributed by atoms with E-state index in [1.54, 1.807) is 0 Å². The number of hydrogen-bond donors (Lipinski definition) is 1. The Kier molecular flexibility index (Phi) is 5.48. The SMILES string of the molecule is CNCC(OC1CCCCC1)c1cccc(Cl)c1. The average molecular weight is 268 g/mol. The maximum absolute atomic E-state index is 6.25. The summed E-state index contributed by atoms with van der Waals surface area (Å²) in [6.45, 7) is 0.830. The monoisotopic (exact) mass is 267 g/mol. The van der Waals surface area contributed by atoms with E-state index in [1.807, 2.05) is 25.2 Å². The molecule has 3 heteroatoms. The predicted octanol–water partition coefficient (Wildman–Crippen LogP) is 3.95. The van der Waals surface area contributed by atoms with Crippen LogP contribution in [-0.2, 0) is 4.74 Å². The van der Waals surface area contributed by atoms with E-state index in [0.29, 0.717) is 6.10 Å². The quantitative estimate of drug-likeness (QED) is 0.872. The molecule has 1 saturated carbocycles. The van der Waals surface area contributed by atoms with E-state index in [4.69, 9.17) is 16.3 Å². The van der Waals surface area contributed by atoms with Gasteiger partial charge < -0.3 is 10.1 Å². The van der Waals surface area contributed by atoms with Gasteiger partial charge in [0.15, 0.2) is 0 Å². The molecule has 0 saturated heterocycles. The van der Waals surface area contributed by atoms with Gasteiger partial charge in [-0.15, -0.1) is 0 Å². The molecule has 1 aliphatic carbocycles. The normalized spacial score (nSPS) is 18.8. The highest BCUT2D eigenvalue weighted by Crippen LogP contribution is 2.27. The van der Waals surface area contributed by atoms with Gasteiger partial charge in [0.2, 0.25) is 0 Å². The predicted molar refractivity (Wildman–Crippen MR) is 76.1 cm³/mol. The van der Waals surface area contributed by atoms with Crippen LogP contribution in [0.25, 0.3) is 0 Å². The van der Waals surface area contributed by atoms with E-state index in [-0.39, 0.29) is 6.10 Å². The second kappa shape index (κ2) is 7.13. The summed E-state index contributed by atoms with van der Waals surface area (Å²) < 4.78 is 6.25. The topological polar surface area (TPSA) is 21.3 Å². The van der Waals surface area contributed by atoms with Crippen LogP contribution in [0, 0.1) is 0 Å². The number of likely N-dealkylation sites (N-methyl/N-ethyl adjacent to an activating group) is 1. The summed E-state index contributed by atoms with van der Waals surface area (Å²) in [4.78, 5) is 0. The third-order valence-electron chi connectivity index (χ3n) is 3.52. The molecule has 1 fully saturated rings. The van der Waals surface area contributed by atoms with E-state index in [9.17, 15) is 0 Å². The van der Waals surface area contributed by atoms with Crippen molar-refractivity contribution >= 4 is 11.6 Å². The van der Waals surface area contributed by atoms with Crippen LogP contribution in [-0.4, -0.2) is 19.7 Å². The van der Waals surface area contributed by atoms with Crippen LogP contribution in [0.1, 0.15) is 43.8 Å². The molecule has 1 N–H and O–H groups in total. The molecule has 2 rings (SSSR count). The number of nitrogens with one attached hydrogen (secondary N) is 1. The van der Waals surface area contributed by atoms with E-state index in [1.165, 1.54) is 37.7 Å². The fraction of sp³-hybridized carbons (Fsp3) is 0.600. The molecule has 1 aromatic carbocycles. The zero-order valence-electron chi connectivity index (χ0n) is 11.0. The maximum Gasteiger partial charge on any atom is 0.0953 e. The van der Waals surface area contributed by atoms with E-state index in [0.717, 1.165) is 11.6 Å². The van der Waals surface area contributed by atoms with Gasteiger partial charge in [-0.25, -0.2) is 0 Å². The van der Waals surface area contributed by atoms with Gasteiger partial charge in [0, 0.05) is 11.6 Å². The Balaban J connectivity index is 2.02. The third kappa shape index (κ3) is 3.98. The highest BCUT2D eigenvalue weighted by Gasteiger charge is 2.20. The Morgan fingerprint density at radius 2 is 2.11 bits per heavy atom. The Labute approximate surface area is 115 Å². The first kappa shape index (κ1) is 13.9. The minimum absolute atomic E-state index is 0.108. The molecule has 0 amide bonds. The van der Waals surface area contributed by atoms with Crippen molar-refractivity contribution < 1.29 is 4.74 Å². The Morgan fingerprint density at radius 3 is 2.78 bits per heavy atom. The lowest BCUT2D eigenvalue weighted by Crippen LogP contribution is -2.26. The number of rotatable bonds is 5. The number of halogens is 1.